The number of hydrogen-bond acceptors (Lipinski definition) is 5. The Morgan fingerprint density at radius 2 is 2.17 bits per heavy atom. The summed E-state index contributed by atoms with van der Waals surface area (Å²) >= 11 is 1.70. The minimum Gasteiger partial charge on any atom is -0.369 e. The molecule has 1 unspecified atom stereocenters. The highest BCUT2D eigenvalue weighted by Gasteiger charge is 2.11. The number of nitrogens with one attached hydrogen (secondary N) is 1. The SMILES string of the molecule is Cc1sc2ncnc(NCCCS(C)=O)c2c1C. The molecule has 0 aliphatic carbocycles. The highest BCUT2D eigenvalue weighted by atomic mass is 32.2. The van der Waals surface area contributed by atoms with Gasteiger partial charge < -0.3 is 5.32 Å². The highest BCUT2D eigenvalue weighted by Crippen LogP contribution is 2.32. The molecule has 0 bridgehead atoms. The first-order valence-corrected chi connectivity index (χ1v) is 8.38. The maximum atomic E-state index is 11.0. The fourth-order valence-corrected chi connectivity index (χ4v) is 3.35. The summed E-state index contributed by atoms with van der Waals surface area (Å²) in [4.78, 5) is 10.9. The molecule has 98 valence electrons. The topological polar surface area (TPSA) is 54.9 Å². The van der Waals surface area contributed by atoms with Gasteiger partial charge in [0.2, 0.25) is 0 Å². The van der Waals surface area contributed by atoms with E-state index in [2.05, 4.69) is 29.1 Å². The molecule has 0 amide bonds. The standard InChI is InChI=1S/C12H17N3OS2/c1-8-9(2)17-12-10(8)11(14-7-15-12)13-5-4-6-18(3)16/h7H,4-6H2,1-3H3,(H,13,14,15). The van der Waals surface area contributed by atoms with Crippen molar-refractivity contribution in [1.29, 1.82) is 0 Å². The first-order chi connectivity index (χ1) is 8.59. The lowest BCUT2D eigenvalue weighted by molar-refractivity contribution is 0.685. The van der Waals surface area contributed by atoms with Crippen LogP contribution in [0.5, 0.6) is 0 Å². The van der Waals surface area contributed by atoms with Gasteiger partial charge >= 0.3 is 0 Å². The van der Waals surface area contributed by atoms with Crippen LogP contribution in [0, 0.1) is 13.8 Å². The molecule has 0 spiro atoms. The van der Waals surface area contributed by atoms with E-state index < -0.39 is 10.8 Å². The zero-order valence-corrected chi connectivity index (χ0v) is 12.5. The van der Waals surface area contributed by atoms with Crippen LogP contribution >= 0.6 is 11.3 Å². The number of nitrogens with zero attached hydrogens (tertiary/aromatic N) is 2. The number of thiophene rings is 1. The van der Waals surface area contributed by atoms with E-state index in [1.807, 2.05) is 0 Å². The van der Waals surface area contributed by atoms with E-state index in [1.54, 1.807) is 23.9 Å². The fraction of sp³-hybridized carbons (Fsp3) is 0.500. The van der Waals surface area contributed by atoms with E-state index >= 15 is 0 Å². The molecule has 6 heteroatoms. The number of aryl methyl sites for hydroxylation is 2. The summed E-state index contributed by atoms with van der Waals surface area (Å²) in [6, 6.07) is 0. The van der Waals surface area contributed by atoms with Crippen LogP contribution in [-0.4, -0.2) is 32.7 Å². The Kier molecular flexibility index (Phi) is 4.29. The fourth-order valence-electron chi connectivity index (χ4n) is 1.80. The van der Waals surface area contributed by atoms with E-state index in [-0.39, 0.29) is 0 Å². The molecule has 0 fully saturated rings. The van der Waals surface area contributed by atoms with Crippen molar-refractivity contribution >= 4 is 38.2 Å². The largest absolute Gasteiger partial charge is 0.369 e. The lowest BCUT2D eigenvalue weighted by Gasteiger charge is -2.06. The molecule has 0 aromatic carbocycles. The summed E-state index contributed by atoms with van der Waals surface area (Å²) in [5.74, 6) is 1.62. The van der Waals surface area contributed by atoms with Gasteiger partial charge in [-0.1, -0.05) is 0 Å². The van der Waals surface area contributed by atoms with Crippen LogP contribution in [0.2, 0.25) is 0 Å². The van der Waals surface area contributed by atoms with E-state index in [4.69, 9.17) is 0 Å². The lowest BCUT2D eigenvalue weighted by atomic mass is 10.2. The highest BCUT2D eigenvalue weighted by molar-refractivity contribution is 7.84. The third kappa shape index (κ3) is 2.87. The van der Waals surface area contributed by atoms with Crippen molar-refractivity contribution in [3.63, 3.8) is 0 Å². The molecule has 0 radical (unpaired) electrons. The maximum absolute atomic E-state index is 11.0. The summed E-state index contributed by atoms with van der Waals surface area (Å²) in [5, 5.41) is 4.44. The van der Waals surface area contributed by atoms with Crippen molar-refractivity contribution < 1.29 is 4.21 Å². The molecule has 0 aliphatic rings. The molecular formula is C12H17N3OS2. The van der Waals surface area contributed by atoms with Crippen molar-refractivity contribution in [3.8, 4) is 0 Å². The lowest BCUT2D eigenvalue weighted by Crippen LogP contribution is -2.07. The Morgan fingerprint density at radius 3 is 2.89 bits per heavy atom. The molecule has 1 atom stereocenters. The number of fused-ring (bicyclic) bond motifs is 1. The molecule has 2 aromatic heterocycles. The molecular weight excluding hydrogens is 266 g/mol. The molecule has 0 saturated heterocycles. The van der Waals surface area contributed by atoms with Gasteiger partial charge in [-0.2, -0.15) is 0 Å². The van der Waals surface area contributed by atoms with Crippen molar-refractivity contribution in [3.05, 3.63) is 16.8 Å². The molecule has 2 rings (SSSR count). The smallest absolute Gasteiger partial charge is 0.138 e. The molecule has 0 saturated carbocycles. The van der Waals surface area contributed by atoms with Crippen LogP contribution in [0.15, 0.2) is 6.33 Å². The molecule has 2 aromatic rings. The molecule has 1 N–H and O–H groups in total. The quantitative estimate of drug-likeness (QED) is 0.857. The van der Waals surface area contributed by atoms with E-state index in [0.29, 0.717) is 0 Å². The zero-order valence-electron chi connectivity index (χ0n) is 10.8. The van der Waals surface area contributed by atoms with Crippen molar-refractivity contribution in [2.45, 2.75) is 20.3 Å². The third-order valence-corrected chi connectivity index (χ3v) is 4.85. The van der Waals surface area contributed by atoms with Crippen molar-refractivity contribution in [2.75, 3.05) is 23.9 Å². The second-order valence-electron chi connectivity index (χ2n) is 4.24. The number of aromatic nitrogens is 2. The maximum Gasteiger partial charge on any atom is 0.138 e. The predicted octanol–water partition coefficient (Wildman–Crippen LogP) is 2.49. The van der Waals surface area contributed by atoms with E-state index in [0.717, 1.165) is 34.8 Å². The Morgan fingerprint density at radius 1 is 1.39 bits per heavy atom. The van der Waals surface area contributed by atoms with Gasteiger partial charge in [0.1, 0.15) is 17.0 Å². The average molecular weight is 283 g/mol. The van der Waals surface area contributed by atoms with Crippen LogP contribution in [-0.2, 0) is 10.8 Å². The van der Waals surface area contributed by atoms with Crippen LogP contribution in [0.25, 0.3) is 10.2 Å². The van der Waals surface area contributed by atoms with Gasteiger partial charge in [0.15, 0.2) is 0 Å². The number of rotatable bonds is 5. The molecule has 0 aliphatic heterocycles. The minimum absolute atomic E-state index is 0.722. The summed E-state index contributed by atoms with van der Waals surface area (Å²) in [6.45, 7) is 5.00. The summed E-state index contributed by atoms with van der Waals surface area (Å²) in [6.07, 6.45) is 4.21. The Balaban J connectivity index is 2.15. The van der Waals surface area contributed by atoms with E-state index in [9.17, 15) is 4.21 Å². The Hall–Kier alpha value is -1.01. The van der Waals surface area contributed by atoms with Crippen LogP contribution < -0.4 is 5.32 Å². The Bertz CT molecular complexity index is 580. The monoisotopic (exact) mass is 283 g/mol. The van der Waals surface area contributed by atoms with Gasteiger partial charge in [0.05, 0.1) is 5.39 Å². The number of anilines is 1. The molecule has 4 nitrogen and oxygen atoms in total. The average Bonchev–Trinajstić information content (AvgIpc) is 2.61. The van der Waals surface area contributed by atoms with Crippen molar-refractivity contribution in [2.24, 2.45) is 0 Å². The second-order valence-corrected chi connectivity index (χ2v) is 7.00. The summed E-state index contributed by atoms with van der Waals surface area (Å²) in [5.41, 5.74) is 1.25. The van der Waals surface area contributed by atoms with Gasteiger partial charge in [-0.3, -0.25) is 4.21 Å². The van der Waals surface area contributed by atoms with Crippen LogP contribution in [0.3, 0.4) is 0 Å². The van der Waals surface area contributed by atoms with E-state index in [1.165, 1.54) is 10.4 Å². The van der Waals surface area contributed by atoms with Gasteiger partial charge in [-0.25, -0.2) is 9.97 Å². The summed E-state index contributed by atoms with van der Waals surface area (Å²) < 4.78 is 11.0. The zero-order chi connectivity index (χ0) is 13.1. The van der Waals surface area contributed by atoms with Gasteiger partial charge in [0, 0.05) is 34.2 Å². The van der Waals surface area contributed by atoms with Crippen molar-refractivity contribution in [1.82, 2.24) is 9.97 Å². The minimum atomic E-state index is -0.722. The third-order valence-electron chi connectivity index (χ3n) is 2.87. The van der Waals surface area contributed by atoms with Gasteiger partial charge in [-0.15, -0.1) is 11.3 Å². The van der Waals surface area contributed by atoms with Gasteiger partial charge in [0.25, 0.3) is 0 Å². The molecule has 18 heavy (non-hydrogen) atoms. The summed E-state index contributed by atoms with van der Waals surface area (Å²) in [7, 11) is -0.722. The van der Waals surface area contributed by atoms with Crippen LogP contribution in [0.4, 0.5) is 5.82 Å². The second kappa shape index (κ2) is 5.75. The Labute approximate surface area is 113 Å². The van der Waals surface area contributed by atoms with Crippen LogP contribution in [0.1, 0.15) is 16.9 Å². The van der Waals surface area contributed by atoms with Gasteiger partial charge in [-0.05, 0) is 25.8 Å². The first-order valence-electron chi connectivity index (χ1n) is 5.84. The predicted molar refractivity (Wildman–Crippen MR) is 78.9 cm³/mol. The normalized spacial score (nSPS) is 12.8. The number of hydrogen-bond donors (Lipinski definition) is 1. The first kappa shape index (κ1) is 13.4. The molecule has 2 heterocycles.